The first kappa shape index (κ1) is 50.3. The van der Waals surface area contributed by atoms with Crippen molar-refractivity contribution in [3.63, 3.8) is 0 Å². The van der Waals surface area contributed by atoms with Crippen LogP contribution in [0.5, 0.6) is 6.01 Å². The van der Waals surface area contributed by atoms with E-state index >= 15 is 0 Å². The molecule has 5 atom stereocenters. The zero-order valence-electron chi connectivity index (χ0n) is 41.6. The number of nitrogens with zero attached hydrogens (tertiary/aromatic N) is 8. The minimum Gasteiger partial charge on any atom is -0.460 e. The van der Waals surface area contributed by atoms with Crippen LogP contribution < -0.4 is 20.3 Å². The van der Waals surface area contributed by atoms with Crippen LogP contribution in [0, 0.1) is 43.4 Å². The summed E-state index contributed by atoms with van der Waals surface area (Å²) in [4.78, 5) is 66.1. The van der Waals surface area contributed by atoms with Crippen molar-refractivity contribution in [2.75, 3.05) is 11.4 Å². The van der Waals surface area contributed by atoms with E-state index in [9.17, 15) is 19.8 Å². The number of benzene rings is 2. The number of rotatable bonds is 14. The van der Waals surface area contributed by atoms with Gasteiger partial charge in [0, 0.05) is 64.4 Å². The summed E-state index contributed by atoms with van der Waals surface area (Å²) in [7, 11) is 0. The second-order valence-electron chi connectivity index (χ2n) is 19.5. The molecule has 0 bridgehead atoms. The molecule has 3 amide bonds. The van der Waals surface area contributed by atoms with Gasteiger partial charge >= 0.3 is 6.01 Å². The number of fused-ring (bicyclic) bond motifs is 1. The maximum absolute atomic E-state index is 14.5. The van der Waals surface area contributed by atoms with Gasteiger partial charge in [-0.05, 0) is 87.8 Å². The van der Waals surface area contributed by atoms with E-state index in [1.54, 1.807) is 69.5 Å². The number of hydrogen-bond acceptors (Lipinski definition) is 13. The predicted octanol–water partition coefficient (Wildman–Crippen LogP) is 9.53. The molecule has 0 radical (unpaired) electrons. The van der Waals surface area contributed by atoms with Gasteiger partial charge in [-0.25, -0.2) is 9.97 Å². The average molecular weight is 1030 g/mol. The number of aryl methyl sites for hydroxylation is 2. The molecule has 2 aromatic carbocycles. The highest BCUT2D eigenvalue weighted by molar-refractivity contribution is 7.17. The van der Waals surface area contributed by atoms with E-state index in [0.717, 1.165) is 48.3 Å². The maximum Gasteiger partial charge on any atom is 0.317 e. The molecule has 16 nitrogen and oxygen atoms in total. The van der Waals surface area contributed by atoms with Crippen LogP contribution in [0.15, 0.2) is 83.7 Å². The third kappa shape index (κ3) is 10.3. The number of amidine groups is 2. The third-order valence-electron chi connectivity index (χ3n) is 13.8. The largest absolute Gasteiger partial charge is 0.460 e. The van der Waals surface area contributed by atoms with Gasteiger partial charge in [0.15, 0.2) is 0 Å². The normalized spacial score (nSPS) is 20.6. The van der Waals surface area contributed by atoms with Crippen molar-refractivity contribution >= 4 is 74.4 Å². The van der Waals surface area contributed by atoms with Crippen molar-refractivity contribution < 1.29 is 19.1 Å². The van der Waals surface area contributed by atoms with Crippen LogP contribution in [-0.2, 0) is 14.4 Å². The molecule has 2 fully saturated rings. The maximum atomic E-state index is 14.5. The van der Waals surface area contributed by atoms with Gasteiger partial charge in [0.25, 0.3) is 0 Å². The Kier molecular flexibility index (Phi) is 14.6. The molecular weight excluding hydrogens is 968 g/mol. The van der Waals surface area contributed by atoms with Crippen molar-refractivity contribution in [3.05, 3.63) is 117 Å². The molecule has 9 rings (SSSR count). The minimum absolute atomic E-state index is 0.0642. The fraction of sp³-hybridized carbons (Fsp3) is 0.396. The van der Waals surface area contributed by atoms with Crippen molar-refractivity contribution in [2.45, 2.75) is 117 Å². The number of anilines is 1. The van der Waals surface area contributed by atoms with Crippen molar-refractivity contribution in [1.29, 1.82) is 10.8 Å². The standard InChI is InChI=1S/C53H59ClN12O4S2/c1-27(2)47(51(69)64-24-28(3)19-43(64)50(68)60-30(5)34-9-11-36(12-10-34)48-31(6)58-26-71-48)65-25-37(23-59-65)41-17-18-57-53(63-41)70-40-20-39(21-40)61-44(67)22-42-49(56)66(33(8)55)52-45(29(4)32(7)72-52)46(62-42)35-13-15-38(54)16-14-35/h9-18,23,25-28,30,39-40,42-43,47,55-56H,19-22,24H2,1-8H3,(H,60,68)(H,61,67)/t28-,30+,39?,40?,42+,43+,47+/m1/s1. The Morgan fingerprint density at radius 3 is 2.36 bits per heavy atom. The molecule has 374 valence electrons. The van der Waals surface area contributed by atoms with E-state index in [4.69, 9.17) is 31.7 Å². The molecule has 72 heavy (non-hydrogen) atoms. The van der Waals surface area contributed by atoms with Crippen LogP contribution >= 0.6 is 34.3 Å². The summed E-state index contributed by atoms with van der Waals surface area (Å²) in [6.07, 6.45) is 6.41. The zero-order valence-corrected chi connectivity index (χ0v) is 44.0. The van der Waals surface area contributed by atoms with E-state index in [2.05, 4.69) is 44.8 Å². The van der Waals surface area contributed by atoms with Gasteiger partial charge in [-0.2, -0.15) is 10.1 Å². The summed E-state index contributed by atoms with van der Waals surface area (Å²) >= 11 is 9.36. The number of thiophene rings is 1. The van der Waals surface area contributed by atoms with Gasteiger partial charge in [-0.15, -0.1) is 22.7 Å². The monoisotopic (exact) mass is 1030 g/mol. The number of aromatic nitrogens is 5. The van der Waals surface area contributed by atoms with Crippen molar-refractivity contribution in [3.8, 4) is 27.7 Å². The summed E-state index contributed by atoms with van der Waals surface area (Å²) in [6, 6.07) is 15.0. The minimum atomic E-state index is -0.840. The van der Waals surface area contributed by atoms with Crippen molar-refractivity contribution in [2.24, 2.45) is 16.8 Å². The molecule has 3 aliphatic rings. The smallest absolute Gasteiger partial charge is 0.317 e. The van der Waals surface area contributed by atoms with Gasteiger partial charge in [0.05, 0.1) is 46.1 Å². The number of amides is 3. The quantitative estimate of drug-likeness (QED) is 0.0604. The van der Waals surface area contributed by atoms with Gasteiger partial charge in [-0.3, -0.25) is 39.8 Å². The van der Waals surface area contributed by atoms with Crippen LogP contribution in [0.4, 0.5) is 5.00 Å². The third-order valence-corrected chi connectivity index (χ3v) is 16.2. The van der Waals surface area contributed by atoms with Crippen LogP contribution in [-0.4, -0.2) is 95.5 Å². The predicted molar refractivity (Wildman–Crippen MR) is 284 cm³/mol. The van der Waals surface area contributed by atoms with E-state index in [1.165, 1.54) is 11.3 Å². The van der Waals surface area contributed by atoms with Gasteiger partial charge in [0.2, 0.25) is 17.7 Å². The Morgan fingerprint density at radius 1 is 0.958 bits per heavy atom. The Labute approximate surface area is 432 Å². The first-order chi connectivity index (χ1) is 34.4. The fourth-order valence-corrected chi connectivity index (χ4v) is 11.9. The van der Waals surface area contributed by atoms with Crippen LogP contribution in [0.1, 0.15) is 105 Å². The van der Waals surface area contributed by atoms with E-state index in [1.807, 2.05) is 71.3 Å². The number of nitrogens with one attached hydrogen (secondary N) is 4. The lowest BCUT2D eigenvalue weighted by Crippen LogP contribution is -2.50. The molecule has 1 saturated heterocycles. The number of aliphatic imine (C=N–C) groups is 1. The molecule has 1 aliphatic carbocycles. The van der Waals surface area contributed by atoms with Crippen molar-refractivity contribution in [1.82, 2.24) is 40.3 Å². The van der Waals surface area contributed by atoms with Crippen LogP contribution in [0.2, 0.25) is 5.02 Å². The molecule has 6 heterocycles. The summed E-state index contributed by atoms with van der Waals surface area (Å²) in [5.74, 6) is -0.349. The summed E-state index contributed by atoms with van der Waals surface area (Å²) in [5.41, 5.74) is 9.48. The van der Waals surface area contributed by atoms with Gasteiger partial charge in [0.1, 0.15) is 40.9 Å². The second-order valence-corrected chi connectivity index (χ2v) is 22.0. The number of carbonyl (C=O) groups is 3. The lowest BCUT2D eigenvalue weighted by molar-refractivity contribution is -0.142. The summed E-state index contributed by atoms with van der Waals surface area (Å²) in [6.45, 7) is 16.1. The molecule has 2 aliphatic heterocycles. The Balaban J connectivity index is 0.814. The van der Waals surface area contributed by atoms with E-state index in [0.29, 0.717) is 47.8 Å². The summed E-state index contributed by atoms with van der Waals surface area (Å²) in [5, 5.41) is 30.2. The highest BCUT2D eigenvalue weighted by Crippen LogP contribution is 2.41. The van der Waals surface area contributed by atoms with Crippen LogP contribution in [0.3, 0.4) is 0 Å². The number of thiazole rings is 1. The topological polar surface area (TPSA) is 208 Å². The molecule has 19 heteroatoms. The molecule has 4 N–H and O–H groups in total. The number of ether oxygens (including phenoxy) is 1. The Morgan fingerprint density at radius 2 is 1.68 bits per heavy atom. The molecule has 1 saturated carbocycles. The second kappa shape index (κ2) is 20.8. The highest BCUT2D eigenvalue weighted by Gasteiger charge is 2.42. The molecule has 4 aromatic heterocycles. The zero-order chi connectivity index (χ0) is 51.1. The molecule has 0 unspecified atom stereocenters. The van der Waals surface area contributed by atoms with E-state index in [-0.39, 0.29) is 71.8 Å². The summed E-state index contributed by atoms with van der Waals surface area (Å²) < 4.78 is 7.86. The fourth-order valence-electron chi connectivity index (χ4n) is 9.77. The van der Waals surface area contributed by atoms with Gasteiger partial charge in [-0.1, -0.05) is 68.8 Å². The number of likely N-dealkylation sites (tertiary alicyclic amines) is 1. The van der Waals surface area contributed by atoms with E-state index < -0.39 is 18.1 Å². The lowest BCUT2D eigenvalue weighted by atomic mass is 9.89. The number of carbonyl (C=O) groups excluding carboxylic acids is 3. The van der Waals surface area contributed by atoms with Crippen LogP contribution in [0.25, 0.3) is 21.7 Å². The lowest BCUT2D eigenvalue weighted by Gasteiger charge is -2.35. The molecular formula is C53H59ClN12O4S2. The Bertz CT molecular complexity index is 3070. The molecule has 6 aromatic rings. The average Bonchev–Trinajstić information content (AvgIpc) is 4.13. The first-order valence-electron chi connectivity index (χ1n) is 24.3. The SMILES string of the molecule is CC(=N)N1C(=N)[C@H](CC(=O)NC2CC(Oc3nccc(-c4cnn([C@H](C(=O)N5C[C@H](C)C[C@H]5C(=O)N[C@@H](C)c5ccc(-c6scnc6C)cc5)C(C)C)c4)n3)C2)N=C(c2ccc(Cl)cc2)c2c1sc(C)c2C. The van der Waals surface area contributed by atoms with Gasteiger partial charge < -0.3 is 20.3 Å². The number of hydrogen-bond donors (Lipinski definition) is 4. The molecule has 0 spiro atoms. The highest BCUT2D eigenvalue weighted by atomic mass is 35.5. The Hall–Kier alpha value is -6.63. The number of halogens is 1. The first-order valence-corrected chi connectivity index (χ1v) is 26.3.